The molecule has 0 aliphatic carbocycles. The highest BCUT2D eigenvalue weighted by molar-refractivity contribution is 7.05. The van der Waals surface area contributed by atoms with E-state index >= 15 is 0 Å². The highest BCUT2D eigenvalue weighted by atomic mass is 32.1. The Bertz CT molecular complexity index is 587. The summed E-state index contributed by atoms with van der Waals surface area (Å²) in [6.07, 6.45) is 0. The standard InChI is InChI=1S/C14H18FN3S/c1-8-5-6-9(15)7-10(8)11(16)12-13(14(2,3)4)17-18-19-12/h5-7,11H,16H2,1-4H3. The third-order valence-electron chi connectivity index (χ3n) is 3.08. The molecule has 0 bridgehead atoms. The molecule has 0 saturated carbocycles. The van der Waals surface area contributed by atoms with Gasteiger partial charge in [0, 0.05) is 5.41 Å². The van der Waals surface area contributed by atoms with Crippen molar-refractivity contribution in [3.8, 4) is 0 Å². The van der Waals surface area contributed by atoms with Crippen molar-refractivity contribution < 1.29 is 4.39 Å². The van der Waals surface area contributed by atoms with Crippen molar-refractivity contribution in [1.82, 2.24) is 9.59 Å². The Hall–Kier alpha value is -1.33. The van der Waals surface area contributed by atoms with Gasteiger partial charge in [-0.05, 0) is 41.7 Å². The highest BCUT2D eigenvalue weighted by Crippen LogP contribution is 2.33. The van der Waals surface area contributed by atoms with Gasteiger partial charge in [-0.2, -0.15) is 0 Å². The first kappa shape index (κ1) is 14.1. The first-order valence-corrected chi connectivity index (χ1v) is 6.92. The Morgan fingerprint density at radius 2 is 2.00 bits per heavy atom. The molecule has 1 aromatic carbocycles. The van der Waals surface area contributed by atoms with E-state index in [9.17, 15) is 4.39 Å². The number of aromatic nitrogens is 2. The molecule has 0 spiro atoms. The quantitative estimate of drug-likeness (QED) is 0.917. The normalized spacial score (nSPS) is 13.6. The number of halogens is 1. The van der Waals surface area contributed by atoms with E-state index in [1.165, 1.54) is 23.7 Å². The molecule has 0 amide bonds. The fraction of sp³-hybridized carbons (Fsp3) is 0.429. The number of rotatable bonds is 2. The molecule has 0 fully saturated rings. The molecule has 2 N–H and O–H groups in total. The van der Waals surface area contributed by atoms with Crippen LogP contribution in [0.5, 0.6) is 0 Å². The van der Waals surface area contributed by atoms with Gasteiger partial charge < -0.3 is 5.73 Å². The third-order valence-corrected chi connectivity index (χ3v) is 3.89. The van der Waals surface area contributed by atoms with E-state index in [1.54, 1.807) is 6.07 Å². The maximum Gasteiger partial charge on any atom is 0.123 e. The highest BCUT2D eigenvalue weighted by Gasteiger charge is 2.27. The van der Waals surface area contributed by atoms with Gasteiger partial charge in [0.15, 0.2) is 0 Å². The van der Waals surface area contributed by atoms with Gasteiger partial charge in [0.1, 0.15) is 5.82 Å². The molecule has 2 aromatic rings. The van der Waals surface area contributed by atoms with Gasteiger partial charge in [-0.3, -0.25) is 0 Å². The minimum Gasteiger partial charge on any atom is -0.319 e. The van der Waals surface area contributed by atoms with Crippen LogP contribution in [0, 0.1) is 12.7 Å². The maximum atomic E-state index is 13.4. The van der Waals surface area contributed by atoms with Gasteiger partial charge in [0.05, 0.1) is 16.6 Å². The molecule has 3 nitrogen and oxygen atoms in total. The lowest BCUT2D eigenvalue weighted by molar-refractivity contribution is 0.556. The lowest BCUT2D eigenvalue weighted by Gasteiger charge is -2.20. The van der Waals surface area contributed by atoms with Crippen molar-refractivity contribution in [2.75, 3.05) is 0 Å². The van der Waals surface area contributed by atoms with E-state index in [0.29, 0.717) is 0 Å². The first-order chi connectivity index (χ1) is 8.80. The Kier molecular flexibility index (Phi) is 3.69. The topological polar surface area (TPSA) is 51.8 Å². The molecule has 1 heterocycles. The largest absolute Gasteiger partial charge is 0.319 e. The van der Waals surface area contributed by atoms with Crippen LogP contribution in [-0.4, -0.2) is 9.59 Å². The fourth-order valence-electron chi connectivity index (χ4n) is 2.01. The molecule has 1 unspecified atom stereocenters. The molecule has 5 heteroatoms. The smallest absolute Gasteiger partial charge is 0.123 e. The lowest BCUT2D eigenvalue weighted by atomic mass is 9.88. The van der Waals surface area contributed by atoms with Gasteiger partial charge in [0.25, 0.3) is 0 Å². The summed E-state index contributed by atoms with van der Waals surface area (Å²) < 4.78 is 17.4. The van der Waals surface area contributed by atoms with E-state index in [4.69, 9.17) is 5.73 Å². The molecule has 0 aliphatic rings. The zero-order valence-electron chi connectivity index (χ0n) is 11.6. The number of benzene rings is 1. The van der Waals surface area contributed by atoms with Crippen LogP contribution in [-0.2, 0) is 5.41 Å². The molecule has 2 rings (SSSR count). The van der Waals surface area contributed by atoms with E-state index in [0.717, 1.165) is 21.7 Å². The van der Waals surface area contributed by atoms with Crippen molar-refractivity contribution in [3.05, 3.63) is 45.7 Å². The summed E-state index contributed by atoms with van der Waals surface area (Å²) >= 11 is 1.29. The predicted molar refractivity (Wildman–Crippen MR) is 75.8 cm³/mol. The van der Waals surface area contributed by atoms with E-state index in [1.807, 2.05) is 6.92 Å². The summed E-state index contributed by atoms with van der Waals surface area (Å²) in [5, 5.41) is 4.18. The summed E-state index contributed by atoms with van der Waals surface area (Å²) in [5.74, 6) is -0.272. The second-order valence-corrected chi connectivity index (χ2v) is 6.50. The van der Waals surface area contributed by atoms with E-state index in [-0.39, 0.29) is 17.3 Å². The van der Waals surface area contributed by atoms with Gasteiger partial charge in [-0.15, -0.1) is 5.10 Å². The molecule has 0 saturated heterocycles. The monoisotopic (exact) mass is 279 g/mol. The first-order valence-electron chi connectivity index (χ1n) is 6.15. The lowest BCUT2D eigenvalue weighted by Crippen LogP contribution is -2.20. The number of hydrogen-bond donors (Lipinski definition) is 1. The summed E-state index contributed by atoms with van der Waals surface area (Å²) in [7, 11) is 0. The SMILES string of the molecule is Cc1ccc(F)cc1C(N)c1snnc1C(C)(C)C. The third kappa shape index (κ3) is 2.82. The molecule has 0 aliphatic heterocycles. The van der Waals surface area contributed by atoms with Crippen molar-refractivity contribution in [2.45, 2.75) is 39.2 Å². The summed E-state index contributed by atoms with van der Waals surface area (Å²) in [6, 6.07) is 4.30. The van der Waals surface area contributed by atoms with E-state index < -0.39 is 0 Å². The fourth-order valence-corrected chi connectivity index (χ4v) is 2.89. The second kappa shape index (κ2) is 4.98. The van der Waals surface area contributed by atoms with Crippen molar-refractivity contribution >= 4 is 11.5 Å². The predicted octanol–water partition coefficient (Wildman–Crippen LogP) is 3.33. The van der Waals surface area contributed by atoms with Crippen molar-refractivity contribution in [1.29, 1.82) is 0 Å². The minimum absolute atomic E-state index is 0.124. The van der Waals surface area contributed by atoms with Crippen LogP contribution in [0.4, 0.5) is 4.39 Å². The molecule has 1 atom stereocenters. The van der Waals surface area contributed by atoms with Gasteiger partial charge in [0.2, 0.25) is 0 Å². The minimum atomic E-state index is -0.384. The number of nitrogens with two attached hydrogens (primary N) is 1. The van der Waals surface area contributed by atoms with Crippen LogP contribution in [0.25, 0.3) is 0 Å². The van der Waals surface area contributed by atoms with Crippen molar-refractivity contribution in [2.24, 2.45) is 5.73 Å². The summed E-state index contributed by atoms with van der Waals surface area (Å²) in [4.78, 5) is 0.904. The van der Waals surface area contributed by atoms with Crippen LogP contribution in [0.15, 0.2) is 18.2 Å². The Labute approximate surface area is 116 Å². The average molecular weight is 279 g/mol. The zero-order chi connectivity index (χ0) is 14.2. The van der Waals surface area contributed by atoms with Gasteiger partial charge >= 0.3 is 0 Å². The summed E-state index contributed by atoms with van der Waals surface area (Å²) in [6.45, 7) is 8.13. The Balaban J connectivity index is 2.48. The van der Waals surface area contributed by atoms with Gasteiger partial charge in [-0.25, -0.2) is 4.39 Å². The number of aryl methyl sites for hydroxylation is 1. The molecule has 1 aromatic heterocycles. The molecule has 0 radical (unpaired) electrons. The van der Waals surface area contributed by atoms with Crippen LogP contribution in [0.2, 0.25) is 0 Å². The van der Waals surface area contributed by atoms with Crippen LogP contribution >= 0.6 is 11.5 Å². The molecular formula is C14H18FN3S. The van der Waals surface area contributed by atoms with Crippen LogP contribution in [0.1, 0.15) is 48.5 Å². The number of nitrogens with zero attached hydrogens (tertiary/aromatic N) is 2. The molecule has 19 heavy (non-hydrogen) atoms. The molecular weight excluding hydrogens is 261 g/mol. The van der Waals surface area contributed by atoms with E-state index in [2.05, 4.69) is 30.4 Å². The van der Waals surface area contributed by atoms with Gasteiger partial charge in [-0.1, -0.05) is 31.3 Å². The maximum absolute atomic E-state index is 13.4. The average Bonchev–Trinajstić information content (AvgIpc) is 2.80. The summed E-state index contributed by atoms with van der Waals surface area (Å²) in [5.41, 5.74) is 8.81. The molecule has 102 valence electrons. The Morgan fingerprint density at radius 1 is 1.32 bits per heavy atom. The van der Waals surface area contributed by atoms with Crippen molar-refractivity contribution in [3.63, 3.8) is 0 Å². The van der Waals surface area contributed by atoms with Crippen LogP contribution < -0.4 is 5.73 Å². The van der Waals surface area contributed by atoms with Crippen LogP contribution in [0.3, 0.4) is 0 Å². The second-order valence-electron chi connectivity index (χ2n) is 5.71. The zero-order valence-corrected chi connectivity index (χ0v) is 12.4. The Morgan fingerprint density at radius 3 is 2.63 bits per heavy atom. The number of hydrogen-bond acceptors (Lipinski definition) is 4.